The molecule has 0 radical (unpaired) electrons. The first-order chi connectivity index (χ1) is 8.70. The molecule has 1 aliphatic heterocycles. The number of carboxylic acids is 1. The van der Waals surface area contributed by atoms with E-state index < -0.39 is 11.9 Å². The maximum absolute atomic E-state index is 11.9. The normalized spacial score (nSPS) is 19.2. The number of amides is 2. The zero-order valence-corrected chi connectivity index (χ0v) is 11.9. The van der Waals surface area contributed by atoms with E-state index in [4.69, 9.17) is 0 Å². The maximum Gasteiger partial charge on any atom is 0.308 e. The molecule has 1 N–H and O–H groups in total. The smallest absolute Gasteiger partial charge is 0.308 e. The van der Waals surface area contributed by atoms with Gasteiger partial charge in [0.2, 0.25) is 11.8 Å². The van der Waals surface area contributed by atoms with Crippen LogP contribution in [-0.4, -0.2) is 34.3 Å². The van der Waals surface area contributed by atoms with Gasteiger partial charge in [-0.05, 0) is 24.7 Å². The zero-order valence-electron chi connectivity index (χ0n) is 11.9. The van der Waals surface area contributed by atoms with Gasteiger partial charge in [-0.15, -0.1) is 0 Å². The molecular weight excluding hydrogens is 246 g/mol. The molecule has 0 aromatic heterocycles. The maximum atomic E-state index is 11.9. The summed E-state index contributed by atoms with van der Waals surface area (Å²) in [7, 11) is 0. The SMILES string of the molecule is CC(C)(C)CC(CN1C(=O)CCCCC1=O)C(=O)O. The van der Waals surface area contributed by atoms with E-state index in [0.29, 0.717) is 32.1 Å². The van der Waals surface area contributed by atoms with Gasteiger partial charge in [0.1, 0.15) is 0 Å². The first kappa shape index (κ1) is 15.7. The minimum atomic E-state index is -0.945. The lowest BCUT2D eigenvalue weighted by Gasteiger charge is -2.27. The molecule has 1 unspecified atom stereocenters. The van der Waals surface area contributed by atoms with Crippen LogP contribution in [-0.2, 0) is 14.4 Å². The second kappa shape index (κ2) is 6.17. The van der Waals surface area contributed by atoms with Crippen molar-refractivity contribution in [1.29, 1.82) is 0 Å². The molecule has 0 bridgehead atoms. The van der Waals surface area contributed by atoms with Crippen molar-refractivity contribution in [2.75, 3.05) is 6.54 Å². The number of carbonyl (C=O) groups is 3. The van der Waals surface area contributed by atoms with Crippen molar-refractivity contribution in [2.45, 2.75) is 52.9 Å². The van der Waals surface area contributed by atoms with Crippen molar-refractivity contribution in [1.82, 2.24) is 4.90 Å². The lowest BCUT2D eigenvalue weighted by molar-refractivity contribution is -0.149. The van der Waals surface area contributed by atoms with Crippen LogP contribution < -0.4 is 0 Å². The fourth-order valence-corrected chi connectivity index (χ4v) is 2.35. The summed E-state index contributed by atoms with van der Waals surface area (Å²) in [6, 6.07) is 0. The largest absolute Gasteiger partial charge is 0.481 e. The van der Waals surface area contributed by atoms with Crippen molar-refractivity contribution in [3.8, 4) is 0 Å². The van der Waals surface area contributed by atoms with Crippen LogP contribution in [0.5, 0.6) is 0 Å². The number of hydrogen-bond donors (Lipinski definition) is 1. The quantitative estimate of drug-likeness (QED) is 0.793. The molecule has 0 aromatic rings. The third-order valence-electron chi connectivity index (χ3n) is 3.24. The summed E-state index contributed by atoms with van der Waals surface area (Å²) in [5, 5.41) is 9.26. The van der Waals surface area contributed by atoms with E-state index in [1.807, 2.05) is 20.8 Å². The van der Waals surface area contributed by atoms with Crippen LogP contribution in [0.2, 0.25) is 0 Å². The topological polar surface area (TPSA) is 74.7 Å². The van der Waals surface area contributed by atoms with Gasteiger partial charge in [0.25, 0.3) is 0 Å². The predicted molar refractivity (Wildman–Crippen MR) is 70.4 cm³/mol. The van der Waals surface area contributed by atoms with Gasteiger partial charge in [0.05, 0.1) is 5.92 Å². The fourth-order valence-electron chi connectivity index (χ4n) is 2.35. The van der Waals surface area contributed by atoms with Crippen LogP contribution in [0, 0.1) is 11.3 Å². The molecule has 1 aliphatic rings. The van der Waals surface area contributed by atoms with Crippen LogP contribution in [0.25, 0.3) is 0 Å². The fraction of sp³-hybridized carbons (Fsp3) is 0.786. The molecule has 2 amide bonds. The van der Waals surface area contributed by atoms with E-state index in [-0.39, 0.29) is 23.8 Å². The highest BCUT2D eigenvalue weighted by atomic mass is 16.4. The Labute approximate surface area is 114 Å². The number of carbonyl (C=O) groups excluding carboxylic acids is 2. The van der Waals surface area contributed by atoms with Crippen molar-refractivity contribution < 1.29 is 19.5 Å². The van der Waals surface area contributed by atoms with Gasteiger partial charge in [-0.25, -0.2) is 0 Å². The van der Waals surface area contributed by atoms with Gasteiger partial charge in [0, 0.05) is 19.4 Å². The van der Waals surface area contributed by atoms with Gasteiger partial charge in [-0.2, -0.15) is 0 Å². The summed E-state index contributed by atoms with van der Waals surface area (Å²) in [6.45, 7) is 5.86. The van der Waals surface area contributed by atoms with E-state index in [0.717, 1.165) is 4.90 Å². The Bertz CT molecular complexity index is 352. The van der Waals surface area contributed by atoms with Crippen molar-refractivity contribution >= 4 is 17.8 Å². The van der Waals surface area contributed by atoms with Crippen LogP contribution in [0.4, 0.5) is 0 Å². The van der Waals surface area contributed by atoms with Gasteiger partial charge in [0.15, 0.2) is 0 Å². The Morgan fingerprint density at radius 3 is 2.05 bits per heavy atom. The Morgan fingerprint density at radius 2 is 1.68 bits per heavy atom. The highest BCUT2D eigenvalue weighted by Crippen LogP contribution is 2.26. The third-order valence-corrected chi connectivity index (χ3v) is 3.24. The Balaban J connectivity index is 2.79. The average Bonchev–Trinajstić information content (AvgIpc) is 2.40. The Kier molecular flexibility index (Phi) is 5.09. The minimum absolute atomic E-state index is 0.00424. The van der Waals surface area contributed by atoms with Crippen LogP contribution in [0.15, 0.2) is 0 Å². The molecule has 5 heteroatoms. The highest BCUT2D eigenvalue weighted by Gasteiger charge is 2.32. The second-order valence-corrected chi connectivity index (χ2v) is 6.41. The third kappa shape index (κ3) is 5.01. The highest BCUT2D eigenvalue weighted by molar-refractivity contribution is 5.96. The first-order valence-corrected chi connectivity index (χ1v) is 6.77. The number of likely N-dealkylation sites (tertiary alicyclic amines) is 1. The molecule has 0 aromatic carbocycles. The van der Waals surface area contributed by atoms with Gasteiger partial charge in [-0.3, -0.25) is 19.3 Å². The molecule has 1 saturated heterocycles. The number of hydrogen-bond acceptors (Lipinski definition) is 3. The van der Waals surface area contributed by atoms with Crippen LogP contribution in [0.3, 0.4) is 0 Å². The molecule has 0 spiro atoms. The summed E-state index contributed by atoms with van der Waals surface area (Å²) in [5.74, 6) is -2.10. The summed E-state index contributed by atoms with van der Waals surface area (Å²) in [6.07, 6.45) is 2.54. The number of imide groups is 1. The first-order valence-electron chi connectivity index (χ1n) is 6.77. The van der Waals surface area contributed by atoms with Crippen molar-refractivity contribution in [2.24, 2.45) is 11.3 Å². The van der Waals surface area contributed by atoms with Gasteiger partial charge < -0.3 is 5.11 Å². The number of aliphatic carboxylic acids is 1. The van der Waals surface area contributed by atoms with E-state index in [2.05, 4.69) is 0 Å². The van der Waals surface area contributed by atoms with Crippen molar-refractivity contribution in [3.63, 3.8) is 0 Å². The molecule has 1 rings (SSSR count). The van der Waals surface area contributed by atoms with E-state index in [1.54, 1.807) is 0 Å². The second-order valence-electron chi connectivity index (χ2n) is 6.41. The molecule has 19 heavy (non-hydrogen) atoms. The summed E-state index contributed by atoms with van der Waals surface area (Å²) < 4.78 is 0. The number of rotatable bonds is 4. The van der Waals surface area contributed by atoms with Crippen LogP contribution >= 0.6 is 0 Å². The lowest BCUT2D eigenvalue weighted by atomic mass is 9.84. The van der Waals surface area contributed by atoms with E-state index >= 15 is 0 Å². The van der Waals surface area contributed by atoms with Gasteiger partial charge >= 0.3 is 5.97 Å². The van der Waals surface area contributed by atoms with Crippen molar-refractivity contribution in [3.05, 3.63) is 0 Å². The standard InChI is InChI=1S/C14H23NO4/c1-14(2,3)8-10(13(18)19)9-15-11(16)6-4-5-7-12(15)17/h10H,4-9H2,1-3H3,(H,18,19). The molecule has 1 atom stereocenters. The average molecular weight is 269 g/mol. The minimum Gasteiger partial charge on any atom is -0.481 e. The summed E-state index contributed by atoms with van der Waals surface area (Å²) in [4.78, 5) is 36.2. The molecule has 5 nitrogen and oxygen atoms in total. The number of carboxylic acid groups (broad SMARTS) is 1. The zero-order chi connectivity index (χ0) is 14.6. The summed E-state index contributed by atoms with van der Waals surface area (Å²) >= 11 is 0. The molecular formula is C14H23NO4. The molecule has 108 valence electrons. The molecule has 0 aliphatic carbocycles. The number of nitrogens with zero attached hydrogens (tertiary/aromatic N) is 1. The monoisotopic (exact) mass is 269 g/mol. The molecule has 1 heterocycles. The molecule has 1 fully saturated rings. The predicted octanol–water partition coefficient (Wildman–Crippen LogP) is 2.05. The summed E-state index contributed by atoms with van der Waals surface area (Å²) in [5.41, 5.74) is -0.152. The molecule has 0 saturated carbocycles. The van der Waals surface area contributed by atoms with Gasteiger partial charge in [-0.1, -0.05) is 20.8 Å². The Hall–Kier alpha value is -1.39. The van der Waals surface area contributed by atoms with Crippen LogP contribution in [0.1, 0.15) is 52.9 Å². The lowest BCUT2D eigenvalue weighted by Crippen LogP contribution is -2.41. The Morgan fingerprint density at radius 1 is 1.21 bits per heavy atom. The van der Waals surface area contributed by atoms with E-state index in [9.17, 15) is 19.5 Å². The van der Waals surface area contributed by atoms with E-state index in [1.165, 1.54) is 0 Å².